The van der Waals surface area contributed by atoms with E-state index >= 15 is 0 Å². The molecule has 1 aromatic rings. The Labute approximate surface area is 125 Å². The van der Waals surface area contributed by atoms with Gasteiger partial charge in [0.2, 0.25) is 5.91 Å². The molecule has 2 aliphatic rings. The molecule has 0 unspecified atom stereocenters. The fourth-order valence-corrected chi connectivity index (χ4v) is 3.09. The van der Waals surface area contributed by atoms with Crippen LogP contribution in [0.25, 0.3) is 0 Å². The molecular formula is C17H23NO3. The predicted octanol–water partition coefficient (Wildman–Crippen LogP) is 2.93. The first-order chi connectivity index (χ1) is 10.3. The summed E-state index contributed by atoms with van der Waals surface area (Å²) < 4.78 is 10.9. The van der Waals surface area contributed by atoms with Crippen molar-refractivity contribution in [2.75, 3.05) is 13.2 Å². The summed E-state index contributed by atoms with van der Waals surface area (Å²) >= 11 is 0. The monoisotopic (exact) mass is 289 g/mol. The van der Waals surface area contributed by atoms with Gasteiger partial charge < -0.3 is 14.8 Å². The average molecular weight is 289 g/mol. The molecule has 21 heavy (non-hydrogen) atoms. The fraction of sp³-hybridized carbons (Fsp3) is 0.588. The number of rotatable bonds is 5. The third-order valence-corrected chi connectivity index (χ3v) is 4.31. The first-order valence-electron chi connectivity index (χ1n) is 7.90. The van der Waals surface area contributed by atoms with Gasteiger partial charge in [0, 0.05) is 18.5 Å². The van der Waals surface area contributed by atoms with E-state index in [-0.39, 0.29) is 12.2 Å². The summed E-state index contributed by atoms with van der Waals surface area (Å²) in [6, 6.07) is 8.06. The van der Waals surface area contributed by atoms with Crippen molar-refractivity contribution in [2.24, 2.45) is 5.92 Å². The fourth-order valence-electron chi connectivity index (χ4n) is 3.09. The lowest BCUT2D eigenvalue weighted by Gasteiger charge is -2.11. The topological polar surface area (TPSA) is 47.6 Å². The molecule has 1 amide bonds. The summed E-state index contributed by atoms with van der Waals surface area (Å²) in [6.45, 7) is 1.91. The first-order valence-corrected chi connectivity index (χ1v) is 7.90. The van der Waals surface area contributed by atoms with E-state index in [4.69, 9.17) is 9.47 Å². The van der Waals surface area contributed by atoms with Crippen LogP contribution in [-0.2, 0) is 20.8 Å². The van der Waals surface area contributed by atoms with Crippen LogP contribution >= 0.6 is 0 Å². The van der Waals surface area contributed by atoms with Gasteiger partial charge in [-0.3, -0.25) is 4.79 Å². The van der Waals surface area contributed by atoms with E-state index < -0.39 is 0 Å². The molecule has 0 bridgehead atoms. The molecule has 114 valence electrons. The zero-order chi connectivity index (χ0) is 14.5. The Morgan fingerprint density at radius 3 is 2.43 bits per heavy atom. The molecule has 1 N–H and O–H groups in total. The van der Waals surface area contributed by atoms with Crippen molar-refractivity contribution in [1.82, 2.24) is 5.32 Å². The maximum atomic E-state index is 11.9. The highest BCUT2D eigenvalue weighted by Gasteiger charge is 2.19. The van der Waals surface area contributed by atoms with E-state index in [9.17, 15) is 4.79 Å². The minimum absolute atomic E-state index is 0.174. The Kier molecular flexibility index (Phi) is 4.88. The smallest absolute Gasteiger partial charge is 0.220 e. The SMILES string of the molecule is O=C(CC1CCCC1)NCc1ccc(C2OCCO2)cc1. The van der Waals surface area contributed by atoms with Gasteiger partial charge in [-0.25, -0.2) is 0 Å². The third-order valence-electron chi connectivity index (χ3n) is 4.31. The average Bonchev–Trinajstić information content (AvgIpc) is 3.19. The van der Waals surface area contributed by atoms with Gasteiger partial charge >= 0.3 is 0 Å². The quantitative estimate of drug-likeness (QED) is 0.906. The largest absolute Gasteiger partial charge is 0.352 e. The normalized spacial score (nSPS) is 20.0. The van der Waals surface area contributed by atoms with Crippen molar-refractivity contribution in [3.63, 3.8) is 0 Å². The summed E-state index contributed by atoms with van der Waals surface area (Å²) in [5.74, 6) is 0.775. The molecule has 4 nitrogen and oxygen atoms in total. The summed E-state index contributed by atoms with van der Waals surface area (Å²) in [7, 11) is 0. The highest BCUT2D eigenvalue weighted by molar-refractivity contribution is 5.76. The lowest BCUT2D eigenvalue weighted by Crippen LogP contribution is -2.24. The summed E-state index contributed by atoms with van der Waals surface area (Å²) in [6.07, 6.45) is 5.44. The molecule has 0 radical (unpaired) electrons. The predicted molar refractivity (Wildman–Crippen MR) is 79.5 cm³/mol. The number of hydrogen-bond acceptors (Lipinski definition) is 3. The minimum atomic E-state index is -0.226. The van der Waals surface area contributed by atoms with Crippen LogP contribution in [0.5, 0.6) is 0 Å². The molecule has 4 heteroatoms. The molecule has 1 aliphatic heterocycles. The van der Waals surface area contributed by atoms with Gasteiger partial charge in [-0.1, -0.05) is 37.1 Å². The first kappa shape index (κ1) is 14.5. The number of nitrogens with one attached hydrogen (secondary N) is 1. The molecule has 1 aromatic carbocycles. The molecule has 1 saturated heterocycles. The minimum Gasteiger partial charge on any atom is -0.352 e. The van der Waals surface area contributed by atoms with E-state index in [1.807, 2.05) is 24.3 Å². The Hall–Kier alpha value is -1.39. The second-order valence-corrected chi connectivity index (χ2v) is 5.95. The van der Waals surface area contributed by atoms with Gasteiger partial charge in [-0.05, 0) is 24.3 Å². The van der Waals surface area contributed by atoms with E-state index in [1.54, 1.807) is 0 Å². The van der Waals surface area contributed by atoms with Gasteiger partial charge in [0.05, 0.1) is 13.2 Å². The standard InChI is InChI=1S/C17H23NO3/c19-16(11-13-3-1-2-4-13)18-12-14-5-7-15(8-6-14)17-20-9-10-21-17/h5-8,13,17H,1-4,9-12H2,(H,18,19). The van der Waals surface area contributed by atoms with Gasteiger partial charge in [-0.2, -0.15) is 0 Å². The van der Waals surface area contributed by atoms with Gasteiger partial charge in [0.1, 0.15) is 0 Å². The van der Waals surface area contributed by atoms with E-state index in [1.165, 1.54) is 25.7 Å². The van der Waals surface area contributed by atoms with Crippen LogP contribution in [0.15, 0.2) is 24.3 Å². The van der Waals surface area contributed by atoms with Crippen molar-refractivity contribution >= 4 is 5.91 Å². The molecule has 1 aliphatic carbocycles. The van der Waals surface area contributed by atoms with Crippen molar-refractivity contribution in [2.45, 2.75) is 44.9 Å². The Bertz CT molecular complexity index is 459. The maximum absolute atomic E-state index is 11.9. The summed E-state index contributed by atoms with van der Waals surface area (Å²) in [5.41, 5.74) is 2.14. The second kappa shape index (κ2) is 7.05. The number of ether oxygens (including phenoxy) is 2. The van der Waals surface area contributed by atoms with Gasteiger partial charge in [0.15, 0.2) is 6.29 Å². The van der Waals surface area contributed by atoms with Crippen LogP contribution < -0.4 is 5.32 Å². The number of benzene rings is 1. The number of hydrogen-bond donors (Lipinski definition) is 1. The van der Waals surface area contributed by atoms with E-state index in [0.29, 0.717) is 32.1 Å². The zero-order valence-electron chi connectivity index (χ0n) is 12.3. The lowest BCUT2D eigenvalue weighted by atomic mass is 10.0. The maximum Gasteiger partial charge on any atom is 0.220 e. The van der Waals surface area contributed by atoms with Crippen LogP contribution in [-0.4, -0.2) is 19.1 Å². The highest BCUT2D eigenvalue weighted by atomic mass is 16.7. The number of carbonyl (C=O) groups excluding carboxylic acids is 1. The third kappa shape index (κ3) is 4.05. The zero-order valence-corrected chi connectivity index (χ0v) is 12.3. The molecule has 1 heterocycles. The molecule has 0 aromatic heterocycles. The molecule has 3 rings (SSSR count). The molecule has 0 atom stereocenters. The van der Waals surface area contributed by atoms with Gasteiger partial charge in [-0.15, -0.1) is 0 Å². The van der Waals surface area contributed by atoms with Crippen LogP contribution in [0.1, 0.15) is 49.5 Å². The Morgan fingerprint density at radius 1 is 1.10 bits per heavy atom. The van der Waals surface area contributed by atoms with Crippen LogP contribution in [0.2, 0.25) is 0 Å². The molecular weight excluding hydrogens is 266 g/mol. The van der Waals surface area contributed by atoms with Crippen molar-refractivity contribution in [3.8, 4) is 0 Å². The molecule has 2 fully saturated rings. The second-order valence-electron chi connectivity index (χ2n) is 5.95. The van der Waals surface area contributed by atoms with Crippen molar-refractivity contribution in [3.05, 3.63) is 35.4 Å². The Balaban J connectivity index is 1.45. The van der Waals surface area contributed by atoms with Crippen LogP contribution in [0.4, 0.5) is 0 Å². The molecule has 1 saturated carbocycles. The molecule has 0 spiro atoms. The van der Waals surface area contributed by atoms with Crippen LogP contribution in [0.3, 0.4) is 0 Å². The summed E-state index contributed by atoms with van der Waals surface area (Å²) in [4.78, 5) is 11.9. The van der Waals surface area contributed by atoms with Crippen molar-refractivity contribution in [1.29, 1.82) is 0 Å². The number of carbonyl (C=O) groups is 1. The highest BCUT2D eigenvalue weighted by Crippen LogP contribution is 2.27. The van der Waals surface area contributed by atoms with E-state index in [0.717, 1.165) is 11.1 Å². The van der Waals surface area contributed by atoms with Crippen LogP contribution in [0, 0.1) is 5.92 Å². The number of amides is 1. The van der Waals surface area contributed by atoms with E-state index in [2.05, 4.69) is 5.32 Å². The summed E-state index contributed by atoms with van der Waals surface area (Å²) in [5, 5.41) is 3.01. The Morgan fingerprint density at radius 2 is 1.76 bits per heavy atom. The van der Waals surface area contributed by atoms with Gasteiger partial charge in [0.25, 0.3) is 0 Å². The van der Waals surface area contributed by atoms with Crippen molar-refractivity contribution < 1.29 is 14.3 Å². The lowest BCUT2D eigenvalue weighted by molar-refractivity contribution is -0.122.